The summed E-state index contributed by atoms with van der Waals surface area (Å²) in [6.07, 6.45) is 0. The zero-order chi connectivity index (χ0) is 14.7. The quantitative estimate of drug-likeness (QED) is 0.785. The van der Waals surface area contributed by atoms with Gasteiger partial charge in [-0.25, -0.2) is 9.98 Å². The van der Waals surface area contributed by atoms with Gasteiger partial charge in [0.1, 0.15) is 12.3 Å². The molecule has 3 rings (SSSR count). The van der Waals surface area contributed by atoms with Crippen molar-refractivity contribution in [1.82, 2.24) is 0 Å². The first-order chi connectivity index (χ1) is 10.3. The highest BCUT2D eigenvalue weighted by Gasteiger charge is 2.18. The zero-order valence-electron chi connectivity index (χ0n) is 12.3. The Hall–Kier alpha value is -2.42. The maximum absolute atomic E-state index is 5.64. The minimum absolute atomic E-state index is 0.633. The van der Waals surface area contributed by atoms with Crippen molar-refractivity contribution >= 4 is 17.3 Å². The summed E-state index contributed by atoms with van der Waals surface area (Å²) >= 11 is 0. The highest BCUT2D eigenvalue weighted by atomic mass is 16.5. The maximum atomic E-state index is 5.64. The maximum Gasteiger partial charge on any atom is 0.236 e. The van der Waals surface area contributed by atoms with Gasteiger partial charge in [-0.3, -0.25) is 0 Å². The van der Waals surface area contributed by atoms with E-state index in [0.717, 1.165) is 28.1 Å². The normalized spacial score (nSPS) is 14.8. The summed E-state index contributed by atoms with van der Waals surface area (Å²) in [5, 5.41) is 0. The van der Waals surface area contributed by atoms with E-state index in [0.29, 0.717) is 19.0 Å². The molecule has 2 aromatic carbocycles. The van der Waals surface area contributed by atoms with Crippen LogP contribution in [-0.2, 0) is 4.74 Å². The molecule has 0 saturated carbocycles. The van der Waals surface area contributed by atoms with Crippen molar-refractivity contribution in [3.63, 3.8) is 0 Å². The highest BCUT2D eigenvalue weighted by Crippen LogP contribution is 2.25. The number of ether oxygens (including phenoxy) is 1. The van der Waals surface area contributed by atoms with Crippen LogP contribution >= 0.6 is 0 Å². The van der Waals surface area contributed by atoms with E-state index < -0.39 is 0 Å². The minimum Gasteiger partial charge on any atom is -0.474 e. The van der Waals surface area contributed by atoms with Crippen molar-refractivity contribution in [1.29, 1.82) is 0 Å². The van der Waals surface area contributed by atoms with Gasteiger partial charge in [-0.1, -0.05) is 48.5 Å². The molecular weight excluding hydrogens is 260 g/mol. The second-order valence-electron chi connectivity index (χ2n) is 5.10. The molecule has 21 heavy (non-hydrogen) atoms. The topological polar surface area (TPSA) is 34.0 Å². The van der Waals surface area contributed by atoms with Crippen LogP contribution in [0.3, 0.4) is 0 Å². The van der Waals surface area contributed by atoms with Crippen LogP contribution in [0.4, 0.5) is 5.69 Å². The third-order valence-electron chi connectivity index (χ3n) is 3.50. The fraction of sp³-hybridized carbons (Fsp3) is 0.222. The first kappa shape index (κ1) is 13.6. The smallest absolute Gasteiger partial charge is 0.236 e. The van der Waals surface area contributed by atoms with Crippen LogP contribution in [0.2, 0.25) is 0 Å². The summed E-state index contributed by atoms with van der Waals surface area (Å²) in [6.45, 7) is 5.49. The van der Waals surface area contributed by atoms with Gasteiger partial charge in [0.15, 0.2) is 0 Å². The molecule has 0 bridgehead atoms. The van der Waals surface area contributed by atoms with Crippen LogP contribution < -0.4 is 0 Å². The standard InChI is InChI=1S/C18H18N2O/c1-13-7-6-8-14(2)16(13)20-17(18-19-11-12-21-18)15-9-4-3-5-10-15/h3-10H,11-12H2,1-2H3. The van der Waals surface area contributed by atoms with Crippen molar-refractivity contribution in [3.05, 3.63) is 65.2 Å². The number of hydrogen-bond donors (Lipinski definition) is 0. The van der Waals surface area contributed by atoms with Crippen molar-refractivity contribution in [2.75, 3.05) is 13.2 Å². The molecule has 0 aliphatic carbocycles. The van der Waals surface area contributed by atoms with Crippen LogP contribution in [0.5, 0.6) is 0 Å². The van der Waals surface area contributed by atoms with Gasteiger partial charge < -0.3 is 4.74 Å². The molecule has 0 radical (unpaired) electrons. The summed E-state index contributed by atoms with van der Waals surface area (Å²) in [4.78, 5) is 9.30. The molecule has 3 nitrogen and oxygen atoms in total. The van der Waals surface area contributed by atoms with Gasteiger partial charge in [-0.15, -0.1) is 0 Å². The van der Waals surface area contributed by atoms with Gasteiger partial charge in [0, 0.05) is 5.56 Å². The van der Waals surface area contributed by atoms with E-state index in [4.69, 9.17) is 9.73 Å². The largest absolute Gasteiger partial charge is 0.474 e. The second-order valence-corrected chi connectivity index (χ2v) is 5.10. The molecule has 0 aromatic heterocycles. The van der Waals surface area contributed by atoms with E-state index in [-0.39, 0.29) is 0 Å². The van der Waals surface area contributed by atoms with Gasteiger partial charge in [-0.2, -0.15) is 0 Å². The molecule has 0 unspecified atom stereocenters. The number of aryl methyl sites for hydroxylation is 2. The van der Waals surface area contributed by atoms with Gasteiger partial charge in [0.05, 0.1) is 12.2 Å². The lowest BCUT2D eigenvalue weighted by atomic mass is 10.1. The van der Waals surface area contributed by atoms with Crippen LogP contribution in [0.1, 0.15) is 16.7 Å². The van der Waals surface area contributed by atoms with Crippen LogP contribution in [0.15, 0.2) is 58.5 Å². The van der Waals surface area contributed by atoms with Gasteiger partial charge in [0.2, 0.25) is 5.90 Å². The van der Waals surface area contributed by atoms with Crippen molar-refractivity contribution in [3.8, 4) is 0 Å². The predicted molar refractivity (Wildman–Crippen MR) is 86.8 cm³/mol. The summed E-state index contributed by atoms with van der Waals surface area (Å²) in [6, 6.07) is 16.3. The fourth-order valence-electron chi connectivity index (χ4n) is 2.40. The Labute approximate surface area is 125 Å². The molecule has 0 N–H and O–H groups in total. The summed E-state index contributed by atoms with van der Waals surface area (Å²) in [5.74, 6) is 0.642. The predicted octanol–water partition coefficient (Wildman–Crippen LogP) is 3.85. The minimum atomic E-state index is 0.633. The van der Waals surface area contributed by atoms with Gasteiger partial charge in [0.25, 0.3) is 0 Å². The van der Waals surface area contributed by atoms with Crippen LogP contribution in [-0.4, -0.2) is 24.8 Å². The number of para-hydroxylation sites is 1. The van der Waals surface area contributed by atoms with E-state index in [1.165, 1.54) is 0 Å². The molecule has 1 heterocycles. The number of benzene rings is 2. The van der Waals surface area contributed by atoms with Crippen molar-refractivity contribution in [2.24, 2.45) is 9.98 Å². The second kappa shape index (κ2) is 5.92. The summed E-state index contributed by atoms with van der Waals surface area (Å²) in [7, 11) is 0. The molecule has 0 saturated heterocycles. The molecule has 3 heteroatoms. The van der Waals surface area contributed by atoms with Crippen molar-refractivity contribution in [2.45, 2.75) is 13.8 Å². The van der Waals surface area contributed by atoms with E-state index in [2.05, 4.69) is 37.0 Å². The molecule has 0 fully saturated rings. The van der Waals surface area contributed by atoms with Gasteiger partial charge >= 0.3 is 0 Å². The van der Waals surface area contributed by atoms with E-state index >= 15 is 0 Å². The average Bonchev–Trinajstić information content (AvgIpc) is 3.02. The Bertz CT molecular complexity index is 682. The SMILES string of the molecule is Cc1cccc(C)c1N=C(C1=NCCO1)c1ccccc1. The van der Waals surface area contributed by atoms with E-state index in [1.54, 1.807) is 0 Å². The first-order valence-electron chi connectivity index (χ1n) is 7.13. The number of rotatable bonds is 3. The van der Waals surface area contributed by atoms with E-state index in [1.807, 2.05) is 30.3 Å². The van der Waals surface area contributed by atoms with Crippen LogP contribution in [0, 0.1) is 13.8 Å². The molecule has 0 spiro atoms. The lowest BCUT2D eigenvalue weighted by Gasteiger charge is -2.10. The molecular formula is C18H18N2O. The molecule has 2 aromatic rings. The van der Waals surface area contributed by atoms with E-state index in [9.17, 15) is 0 Å². The monoisotopic (exact) mass is 278 g/mol. The fourth-order valence-corrected chi connectivity index (χ4v) is 2.40. The molecule has 1 aliphatic rings. The average molecular weight is 278 g/mol. The zero-order valence-corrected chi connectivity index (χ0v) is 12.3. The number of nitrogens with zero attached hydrogens (tertiary/aromatic N) is 2. The summed E-state index contributed by atoms with van der Waals surface area (Å²) in [5.41, 5.74) is 5.14. The number of aliphatic imine (C=N–C) groups is 2. The first-order valence-corrected chi connectivity index (χ1v) is 7.13. The van der Waals surface area contributed by atoms with Gasteiger partial charge in [-0.05, 0) is 25.0 Å². The molecule has 0 amide bonds. The Balaban J connectivity index is 2.13. The molecule has 0 atom stereocenters. The Morgan fingerprint density at radius 1 is 1.00 bits per heavy atom. The lowest BCUT2D eigenvalue weighted by Crippen LogP contribution is -2.16. The molecule has 1 aliphatic heterocycles. The Kier molecular flexibility index (Phi) is 3.82. The highest BCUT2D eigenvalue weighted by molar-refractivity contribution is 6.46. The third-order valence-corrected chi connectivity index (χ3v) is 3.50. The van der Waals surface area contributed by atoms with Crippen LogP contribution in [0.25, 0.3) is 0 Å². The Morgan fingerprint density at radius 2 is 1.71 bits per heavy atom. The third kappa shape index (κ3) is 2.87. The lowest BCUT2D eigenvalue weighted by molar-refractivity contribution is 0.353. The number of hydrogen-bond acceptors (Lipinski definition) is 3. The van der Waals surface area contributed by atoms with Crippen molar-refractivity contribution < 1.29 is 4.74 Å². The Morgan fingerprint density at radius 3 is 2.33 bits per heavy atom. The molecule has 106 valence electrons. The summed E-state index contributed by atoms with van der Waals surface area (Å²) < 4.78 is 5.64.